The lowest BCUT2D eigenvalue weighted by molar-refractivity contribution is 0.219. The van der Waals surface area contributed by atoms with Crippen LogP contribution in [0.1, 0.15) is 17.3 Å². The fourth-order valence-corrected chi connectivity index (χ4v) is 4.23. The second-order valence-electron chi connectivity index (χ2n) is 3.76. The van der Waals surface area contributed by atoms with E-state index in [1.165, 1.54) is 14.3 Å². The molecule has 1 unspecified atom stereocenters. The molecule has 0 saturated carbocycles. The molecule has 0 saturated heterocycles. The first kappa shape index (κ1) is 10.3. The van der Waals surface area contributed by atoms with E-state index in [-0.39, 0.29) is 6.04 Å². The molecular weight excluding hydrogens is 238 g/mol. The van der Waals surface area contributed by atoms with Crippen molar-refractivity contribution in [3.05, 3.63) is 34.2 Å². The molecule has 3 heterocycles. The number of hydrogen-bond acceptors (Lipinski definition) is 4. The molecule has 0 aliphatic carbocycles. The highest BCUT2D eigenvalue weighted by Gasteiger charge is 2.21. The first-order valence-electron chi connectivity index (χ1n) is 5.35. The summed E-state index contributed by atoms with van der Waals surface area (Å²) in [7, 11) is 1.99. The summed E-state index contributed by atoms with van der Waals surface area (Å²) < 4.78 is 8.39. The molecule has 2 aromatic heterocycles. The smallest absolute Gasteiger partial charge is 0.114 e. The van der Waals surface area contributed by atoms with Crippen LogP contribution in [0.15, 0.2) is 29.3 Å². The van der Waals surface area contributed by atoms with Crippen molar-refractivity contribution in [2.75, 3.05) is 13.7 Å². The van der Waals surface area contributed by atoms with E-state index in [4.69, 9.17) is 4.74 Å². The molecule has 1 aliphatic rings. The third-order valence-corrected chi connectivity index (χ3v) is 4.91. The van der Waals surface area contributed by atoms with Crippen LogP contribution in [0.25, 0.3) is 9.40 Å². The minimum absolute atomic E-state index is 0.229. The Morgan fingerprint density at radius 2 is 2.38 bits per heavy atom. The van der Waals surface area contributed by atoms with Crippen molar-refractivity contribution in [2.24, 2.45) is 0 Å². The number of thiophene rings is 2. The summed E-state index contributed by atoms with van der Waals surface area (Å²) in [5, 5.41) is 5.48. The zero-order valence-corrected chi connectivity index (χ0v) is 10.7. The van der Waals surface area contributed by atoms with Gasteiger partial charge < -0.3 is 10.1 Å². The monoisotopic (exact) mass is 251 g/mol. The molecule has 2 aromatic rings. The highest BCUT2D eigenvalue weighted by atomic mass is 32.1. The summed E-state index contributed by atoms with van der Waals surface area (Å²) in [5.41, 5.74) is 0. The topological polar surface area (TPSA) is 21.3 Å². The van der Waals surface area contributed by atoms with Gasteiger partial charge in [0.1, 0.15) is 5.76 Å². The van der Waals surface area contributed by atoms with E-state index in [1.807, 2.05) is 18.4 Å². The third kappa shape index (κ3) is 1.67. The fraction of sp³-hybridized carbons (Fsp3) is 0.333. The van der Waals surface area contributed by atoms with Crippen molar-refractivity contribution in [1.29, 1.82) is 0 Å². The van der Waals surface area contributed by atoms with E-state index in [0.717, 1.165) is 18.8 Å². The van der Waals surface area contributed by atoms with Gasteiger partial charge in [0.05, 0.1) is 12.6 Å². The SMILES string of the molecule is CNC(C1=CCCO1)c1cc2sccc2s1. The van der Waals surface area contributed by atoms with Crippen LogP contribution in [-0.2, 0) is 4.74 Å². The molecule has 4 heteroatoms. The predicted molar refractivity (Wildman–Crippen MR) is 70.2 cm³/mol. The molecule has 0 radical (unpaired) electrons. The molecule has 0 spiro atoms. The minimum atomic E-state index is 0.229. The lowest BCUT2D eigenvalue weighted by atomic mass is 10.2. The molecule has 2 nitrogen and oxygen atoms in total. The zero-order valence-electron chi connectivity index (χ0n) is 9.03. The number of fused-ring (bicyclic) bond motifs is 1. The molecule has 0 amide bonds. The van der Waals surface area contributed by atoms with Crippen molar-refractivity contribution < 1.29 is 4.74 Å². The molecule has 0 fully saturated rings. The van der Waals surface area contributed by atoms with Crippen LogP contribution in [0.3, 0.4) is 0 Å². The maximum absolute atomic E-state index is 5.64. The second kappa shape index (κ2) is 4.20. The van der Waals surface area contributed by atoms with E-state index in [0.29, 0.717) is 0 Å². The molecule has 1 aliphatic heterocycles. The van der Waals surface area contributed by atoms with Crippen LogP contribution in [0.4, 0.5) is 0 Å². The Morgan fingerprint density at radius 1 is 1.44 bits per heavy atom. The van der Waals surface area contributed by atoms with Crippen molar-refractivity contribution in [3.8, 4) is 0 Å². The molecule has 0 bridgehead atoms. The van der Waals surface area contributed by atoms with E-state index in [1.54, 1.807) is 11.3 Å². The molecule has 0 aromatic carbocycles. The quantitative estimate of drug-likeness (QED) is 0.901. The lowest BCUT2D eigenvalue weighted by Crippen LogP contribution is -2.17. The molecule has 1 atom stereocenters. The van der Waals surface area contributed by atoms with Gasteiger partial charge in [-0.3, -0.25) is 0 Å². The summed E-state index contributed by atoms with van der Waals surface area (Å²) >= 11 is 3.65. The van der Waals surface area contributed by atoms with Crippen LogP contribution < -0.4 is 5.32 Å². The normalized spacial score (nSPS) is 17.4. The summed E-state index contributed by atoms with van der Waals surface area (Å²) in [4.78, 5) is 1.34. The van der Waals surface area contributed by atoms with Crippen molar-refractivity contribution in [1.82, 2.24) is 5.32 Å². The molecule has 84 valence electrons. The van der Waals surface area contributed by atoms with Gasteiger partial charge in [0.15, 0.2) is 0 Å². The molecular formula is C12H13NOS2. The number of hydrogen-bond donors (Lipinski definition) is 1. The Labute approximate surface area is 103 Å². The van der Waals surface area contributed by atoms with Crippen LogP contribution in [0.5, 0.6) is 0 Å². The Hall–Kier alpha value is -0.840. The van der Waals surface area contributed by atoms with E-state index in [9.17, 15) is 0 Å². The van der Waals surface area contributed by atoms with Crippen LogP contribution in [-0.4, -0.2) is 13.7 Å². The van der Waals surface area contributed by atoms with Crippen molar-refractivity contribution in [3.63, 3.8) is 0 Å². The number of ether oxygens (including phenoxy) is 1. The first-order chi connectivity index (χ1) is 7.88. The van der Waals surface area contributed by atoms with Gasteiger partial charge >= 0.3 is 0 Å². The number of rotatable bonds is 3. The minimum Gasteiger partial charge on any atom is -0.496 e. The van der Waals surface area contributed by atoms with Gasteiger partial charge in [-0.25, -0.2) is 0 Å². The van der Waals surface area contributed by atoms with Gasteiger partial charge in [-0.05, 0) is 30.6 Å². The largest absolute Gasteiger partial charge is 0.496 e. The Bertz CT molecular complexity index is 497. The van der Waals surface area contributed by atoms with Crippen LogP contribution in [0.2, 0.25) is 0 Å². The highest BCUT2D eigenvalue weighted by molar-refractivity contribution is 7.27. The van der Waals surface area contributed by atoms with Crippen molar-refractivity contribution in [2.45, 2.75) is 12.5 Å². The van der Waals surface area contributed by atoms with Gasteiger partial charge in [-0.15, -0.1) is 22.7 Å². The van der Waals surface area contributed by atoms with Gasteiger partial charge in [0, 0.05) is 20.7 Å². The summed E-state index contributed by atoms with van der Waals surface area (Å²) in [6.45, 7) is 0.827. The summed E-state index contributed by atoms with van der Waals surface area (Å²) in [6, 6.07) is 4.69. The van der Waals surface area contributed by atoms with Gasteiger partial charge in [-0.1, -0.05) is 0 Å². The lowest BCUT2D eigenvalue weighted by Gasteiger charge is -2.15. The van der Waals surface area contributed by atoms with Crippen molar-refractivity contribution >= 4 is 32.1 Å². The average Bonchev–Trinajstić information content (AvgIpc) is 2.91. The van der Waals surface area contributed by atoms with Gasteiger partial charge in [-0.2, -0.15) is 0 Å². The standard InChI is InChI=1S/C12H13NOS2/c1-13-12(8-3-2-5-14-8)11-7-10-9(16-11)4-6-15-10/h3-4,6-7,12-13H,2,5H2,1H3. The van der Waals surface area contributed by atoms with Gasteiger partial charge in [0.2, 0.25) is 0 Å². The highest BCUT2D eigenvalue weighted by Crippen LogP contribution is 2.36. The Balaban J connectivity index is 1.97. The zero-order chi connectivity index (χ0) is 11.0. The second-order valence-corrected chi connectivity index (χ2v) is 5.83. The fourth-order valence-electron chi connectivity index (χ4n) is 1.99. The van der Waals surface area contributed by atoms with Crippen LogP contribution >= 0.6 is 22.7 Å². The average molecular weight is 251 g/mol. The first-order valence-corrected chi connectivity index (χ1v) is 7.05. The maximum Gasteiger partial charge on any atom is 0.114 e. The Kier molecular flexibility index (Phi) is 2.71. The van der Waals surface area contributed by atoms with E-state index >= 15 is 0 Å². The molecule has 16 heavy (non-hydrogen) atoms. The number of nitrogens with one attached hydrogen (secondary N) is 1. The maximum atomic E-state index is 5.64. The summed E-state index contributed by atoms with van der Waals surface area (Å²) in [5.74, 6) is 1.08. The number of likely N-dealkylation sites (N-methyl/N-ethyl adjacent to an activating group) is 1. The predicted octanol–water partition coefficient (Wildman–Crippen LogP) is 3.53. The summed E-state index contributed by atoms with van der Waals surface area (Å²) in [6.07, 6.45) is 3.22. The van der Waals surface area contributed by atoms with Gasteiger partial charge in [0.25, 0.3) is 0 Å². The molecule has 1 N–H and O–H groups in total. The third-order valence-electron chi connectivity index (χ3n) is 2.75. The molecule has 3 rings (SSSR count). The van der Waals surface area contributed by atoms with Crippen LogP contribution in [0, 0.1) is 0 Å². The Morgan fingerprint density at radius 3 is 3.06 bits per heavy atom. The van der Waals surface area contributed by atoms with E-state index in [2.05, 4.69) is 28.9 Å². The van der Waals surface area contributed by atoms with E-state index < -0.39 is 0 Å².